The molecular weight excluding hydrogens is 232 g/mol. The van der Waals surface area contributed by atoms with Gasteiger partial charge in [-0.1, -0.05) is 12.2 Å². The van der Waals surface area contributed by atoms with Crippen LogP contribution in [-0.2, 0) is 19.1 Å². The molecular formula is C14H20O4. The van der Waals surface area contributed by atoms with Gasteiger partial charge in [-0.15, -0.1) is 12.3 Å². The molecule has 0 heterocycles. The Morgan fingerprint density at radius 2 is 1.72 bits per heavy atom. The van der Waals surface area contributed by atoms with Crippen LogP contribution in [0.3, 0.4) is 0 Å². The van der Waals surface area contributed by atoms with Crippen molar-refractivity contribution in [3.05, 3.63) is 12.2 Å². The van der Waals surface area contributed by atoms with Crippen LogP contribution in [0.15, 0.2) is 12.2 Å². The quantitative estimate of drug-likeness (QED) is 0.395. The molecule has 18 heavy (non-hydrogen) atoms. The van der Waals surface area contributed by atoms with Gasteiger partial charge in [0.1, 0.15) is 13.2 Å². The van der Waals surface area contributed by atoms with Gasteiger partial charge in [-0.3, -0.25) is 9.59 Å². The fraction of sp³-hybridized carbons (Fsp3) is 0.571. The van der Waals surface area contributed by atoms with Gasteiger partial charge in [-0.05, 0) is 13.3 Å². The molecule has 4 heteroatoms. The SMILES string of the molecule is C#CCC(C/C=C/C)(COC(C)=O)COC(C)=O. The second-order valence-electron chi connectivity index (χ2n) is 4.21. The van der Waals surface area contributed by atoms with E-state index in [9.17, 15) is 9.59 Å². The van der Waals surface area contributed by atoms with Crippen LogP contribution < -0.4 is 0 Å². The summed E-state index contributed by atoms with van der Waals surface area (Å²) in [6, 6.07) is 0. The molecule has 0 aliphatic rings. The van der Waals surface area contributed by atoms with Gasteiger partial charge in [0.2, 0.25) is 0 Å². The van der Waals surface area contributed by atoms with Gasteiger partial charge >= 0.3 is 11.9 Å². The van der Waals surface area contributed by atoms with Crippen molar-refractivity contribution >= 4 is 11.9 Å². The highest BCUT2D eigenvalue weighted by Gasteiger charge is 2.31. The number of rotatable bonds is 7. The van der Waals surface area contributed by atoms with Crippen LogP contribution in [0.4, 0.5) is 0 Å². The lowest BCUT2D eigenvalue weighted by Crippen LogP contribution is -2.33. The highest BCUT2D eigenvalue weighted by Crippen LogP contribution is 2.28. The summed E-state index contributed by atoms with van der Waals surface area (Å²) in [6.45, 7) is 4.84. The minimum absolute atomic E-state index is 0.143. The van der Waals surface area contributed by atoms with Gasteiger partial charge in [0.15, 0.2) is 0 Å². The third-order valence-electron chi connectivity index (χ3n) is 2.43. The second kappa shape index (κ2) is 8.35. The van der Waals surface area contributed by atoms with Crippen molar-refractivity contribution < 1.29 is 19.1 Å². The summed E-state index contributed by atoms with van der Waals surface area (Å²) in [5.74, 6) is 1.80. The second-order valence-corrected chi connectivity index (χ2v) is 4.21. The van der Waals surface area contributed by atoms with Crippen LogP contribution in [0.1, 0.15) is 33.6 Å². The molecule has 0 N–H and O–H groups in total. The van der Waals surface area contributed by atoms with Crippen LogP contribution in [0.5, 0.6) is 0 Å². The number of carbonyl (C=O) groups is 2. The Balaban J connectivity index is 4.82. The number of allylic oxidation sites excluding steroid dienone is 2. The lowest BCUT2D eigenvalue weighted by atomic mass is 9.82. The normalized spacial score (nSPS) is 11.0. The smallest absolute Gasteiger partial charge is 0.302 e. The summed E-state index contributed by atoms with van der Waals surface area (Å²) >= 11 is 0. The highest BCUT2D eigenvalue weighted by molar-refractivity contribution is 5.66. The van der Waals surface area contributed by atoms with E-state index in [1.807, 2.05) is 19.1 Å². The molecule has 0 aromatic heterocycles. The van der Waals surface area contributed by atoms with Crippen molar-refractivity contribution in [2.45, 2.75) is 33.6 Å². The molecule has 4 nitrogen and oxygen atoms in total. The monoisotopic (exact) mass is 252 g/mol. The van der Waals surface area contributed by atoms with E-state index in [1.165, 1.54) is 13.8 Å². The molecule has 0 fully saturated rings. The Kier molecular flexibility index (Phi) is 7.53. The topological polar surface area (TPSA) is 52.6 Å². The molecule has 0 aromatic rings. The first kappa shape index (κ1) is 16.2. The lowest BCUT2D eigenvalue weighted by Gasteiger charge is -2.29. The van der Waals surface area contributed by atoms with E-state index in [0.717, 1.165) is 0 Å². The van der Waals surface area contributed by atoms with Crippen LogP contribution >= 0.6 is 0 Å². The summed E-state index contributed by atoms with van der Waals surface area (Å²) in [7, 11) is 0. The van der Waals surface area contributed by atoms with E-state index in [2.05, 4.69) is 5.92 Å². The zero-order valence-electron chi connectivity index (χ0n) is 11.2. The molecule has 0 aliphatic carbocycles. The largest absolute Gasteiger partial charge is 0.465 e. The number of terminal acetylenes is 1. The Bertz CT molecular complexity index is 331. The third-order valence-corrected chi connectivity index (χ3v) is 2.43. The Morgan fingerprint density at radius 3 is 2.06 bits per heavy atom. The van der Waals surface area contributed by atoms with Gasteiger partial charge in [0.05, 0.1) is 5.41 Å². The molecule has 0 radical (unpaired) electrons. The average molecular weight is 252 g/mol. The lowest BCUT2D eigenvalue weighted by molar-refractivity contribution is -0.151. The molecule has 100 valence electrons. The van der Waals surface area contributed by atoms with E-state index in [-0.39, 0.29) is 25.2 Å². The Hall–Kier alpha value is -1.76. The molecule has 0 saturated heterocycles. The molecule has 0 amide bonds. The summed E-state index contributed by atoms with van der Waals surface area (Å²) in [6.07, 6.45) is 10.1. The van der Waals surface area contributed by atoms with E-state index >= 15 is 0 Å². The van der Waals surface area contributed by atoms with Crippen molar-refractivity contribution in [2.24, 2.45) is 5.41 Å². The van der Waals surface area contributed by atoms with E-state index < -0.39 is 5.41 Å². The molecule has 0 unspecified atom stereocenters. The van der Waals surface area contributed by atoms with Gasteiger partial charge < -0.3 is 9.47 Å². The maximum Gasteiger partial charge on any atom is 0.302 e. The van der Waals surface area contributed by atoms with E-state index in [4.69, 9.17) is 15.9 Å². The van der Waals surface area contributed by atoms with Crippen molar-refractivity contribution in [3.8, 4) is 12.3 Å². The van der Waals surface area contributed by atoms with Gasteiger partial charge in [0, 0.05) is 20.3 Å². The zero-order valence-corrected chi connectivity index (χ0v) is 11.2. The Labute approximate surface area is 108 Å². The highest BCUT2D eigenvalue weighted by atomic mass is 16.5. The van der Waals surface area contributed by atoms with Crippen molar-refractivity contribution in [3.63, 3.8) is 0 Å². The first-order valence-corrected chi connectivity index (χ1v) is 5.77. The predicted molar refractivity (Wildman–Crippen MR) is 68.6 cm³/mol. The zero-order chi connectivity index (χ0) is 14.0. The summed E-state index contributed by atoms with van der Waals surface area (Å²) in [5.41, 5.74) is -0.543. The fourth-order valence-corrected chi connectivity index (χ4v) is 1.43. The molecule has 0 rings (SSSR count). The summed E-state index contributed by atoms with van der Waals surface area (Å²) in [5, 5.41) is 0. The summed E-state index contributed by atoms with van der Waals surface area (Å²) in [4.78, 5) is 21.8. The number of ether oxygens (including phenoxy) is 2. The van der Waals surface area contributed by atoms with Crippen molar-refractivity contribution in [1.82, 2.24) is 0 Å². The minimum atomic E-state index is -0.543. The fourth-order valence-electron chi connectivity index (χ4n) is 1.43. The standard InChI is InChI=1S/C14H20O4/c1-5-7-9-14(8-6-2,10-17-12(3)15)11-18-13(4)16/h2,5,7H,8-11H2,1,3-4H3/b7-5+. The van der Waals surface area contributed by atoms with Crippen LogP contribution in [0.25, 0.3) is 0 Å². The van der Waals surface area contributed by atoms with Crippen molar-refractivity contribution in [1.29, 1.82) is 0 Å². The molecule has 0 aliphatic heterocycles. The number of carbonyl (C=O) groups excluding carboxylic acids is 2. The molecule has 0 atom stereocenters. The maximum absolute atomic E-state index is 10.9. The van der Waals surface area contributed by atoms with Crippen LogP contribution in [-0.4, -0.2) is 25.2 Å². The van der Waals surface area contributed by atoms with Gasteiger partial charge in [0.25, 0.3) is 0 Å². The Morgan fingerprint density at radius 1 is 1.22 bits per heavy atom. The maximum atomic E-state index is 10.9. The van der Waals surface area contributed by atoms with Gasteiger partial charge in [-0.2, -0.15) is 0 Å². The number of esters is 2. The molecule has 0 spiro atoms. The van der Waals surface area contributed by atoms with Crippen LogP contribution in [0.2, 0.25) is 0 Å². The van der Waals surface area contributed by atoms with E-state index in [1.54, 1.807) is 0 Å². The van der Waals surface area contributed by atoms with Gasteiger partial charge in [-0.25, -0.2) is 0 Å². The minimum Gasteiger partial charge on any atom is -0.465 e. The third kappa shape index (κ3) is 6.74. The molecule has 0 saturated carbocycles. The summed E-state index contributed by atoms with van der Waals surface area (Å²) < 4.78 is 10.1. The van der Waals surface area contributed by atoms with E-state index in [0.29, 0.717) is 12.8 Å². The molecule has 0 bridgehead atoms. The predicted octanol–water partition coefficient (Wildman–Crippen LogP) is 2.09. The number of hydrogen-bond acceptors (Lipinski definition) is 4. The average Bonchev–Trinajstić information content (AvgIpc) is 2.31. The van der Waals surface area contributed by atoms with Crippen LogP contribution in [0, 0.1) is 17.8 Å². The first-order valence-electron chi connectivity index (χ1n) is 5.77. The van der Waals surface area contributed by atoms with Crippen molar-refractivity contribution in [2.75, 3.05) is 13.2 Å². The first-order chi connectivity index (χ1) is 8.45. The number of hydrogen-bond donors (Lipinski definition) is 0. The molecule has 0 aromatic carbocycles.